The fourth-order valence-electron chi connectivity index (χ4n) is 1.84. The van der Waals surface area contributed by atoms with Crippen LogP contribution in [-0.2, 0) is 4.79 Å². The van der Waals surface area contributed by atoms with Gasteiger partial charge in [0.2, 0.25) is 0 Å². The number of aliphatic hydroxyl groups is 1. The molecule has 0 radical (unpaired) electrons. The van der Waals surface area contributed by atoms with E-state index < -0.39 is 5.97 Å². The van der Waals surface area contributed by atoms with Gasteiger partial charge in [-0.25, -0.2) is 0 Å². The molecule has 2 N–H and O–H groups in total. The van der Waals surface area contributed by atoms with Crippen molar-refractivity contribution in [1.29, 1.82) is 0 Å². The van der Waals surface area contributed by atoms with Crippen molar-refractivity contribution < 1.29 is 15.0 Å². The molecule has 0 aromatic carbocycles. The van der Waals surface area contributed by atoms with Gasteiger partial charge in [0.25, 0.3) is 5.97 Å². The maximum atomic E-state index is 9.34. The lowest BCUT2D eigenvalue weighted by Gasteiger charge is -2.31. The third-order valence-corrected chi connectivity index (χ3v) is 2.00. The first-order valence-corrected chi connectivity index (χ1v) is 4.78. The van der Waals surface area contributed by atoms with E-state index in [1.165, 1.54) is 5.57 Å². The predicted octanol–water partition coefficient (Wildman–Crippen LogP) is 2.20. The van der Waals surface area contributed by atoms with Gasteiger partial charge in [0.1, 0.15) is 0 Å². The summed E-state index contributed by atoms with van der Waals surface area (Å²) >= 11 is 0. The fourth-order valence-corrected chi connectivity index (χ4v) is 1.84. The van der Waals surface area contributed by atoms with Gasteiger partial charge in [-0.05, 0) is 25.2 Å². The molecular weight excluding hydrogens is 180 g/mol. The molecule has 1 rings (SSSR count). The van der Waals surface area contributed by atoms with Crippen molar-refractivity contribution >= 4 is 5.97 Å². The highest BCUT2D eigenvalue weighted by Crippen LogP contribution is 2.34. The van der Waals surface area contributed by atoms with Crippen LogP contribution < -0.4 is 0 Å². The van der Waals surface area contributed by atoms with Crippen molar-refractivity contribution in [3.05, 3.63) is 11.6 Å². The molecule has 0 fully saturated rings. The van der Waals surface area contributed by atoms with E-state index in [4.69, 9.17) is 9.90 Å². The van der Waals surface area contributed by atoms with Crippen LogP contribution >= 0.6 is 0 Å². The zero-order valence-electron chi connectivity index (χ0n) is 9.37. The van der Waals surface area contributed by atoms with Crippen LogP contribution in [0.15, 0.2) is 11.6 Å². The summed E-state index contributed by atoms with van der Waals surface area (Å²) in [7, 11) is 0. The van der Waals surface area contributed by atoms with Crippen LogP contribution in [-0.4, -0.2) is 22.3 Å². The highest BCUT2D eigenvalue weighted by atomic mass is 16.4. The second kappa shape index (κ2) is 5.15. The molecule has 82 valence electrons. The summed E-state index contributed by atoms with van der Waals surface area (Å²) in [6, 6.07) is 0. The van der Waals surface area contributed by atoms with Crippen LogP contribution in [0.4, 0.5) is 0 Å². The lowest BCUT2D eigenvalue weighted by atomic mass is 9.77. The Morgan fingerprint density at radius 3 is 2.29 bits per heavy atom. The number of allylic oxidation sites excluding steroid dienone is 1. The number of carboxylic acids is 1. The summed E-state index contributed by atoms with van der Waals surface area (Å²) < 4.78 is 0. The van der Waals surface area contributed by atoms with Gasteiger partial charge in [0.15, 0.2) is 0 Å². The number of aliphatic hydroxyl groups excluding tert-OH is 1. The SMILES string of the molecule is CC(=O)O.CC1=CC(O)CC(C)(C)C1. The first-order chi connectivity index (χ1) is 6.23. The summed E-state index contributed by atoms with van der Waals surface area (Å²) in [4.78, 5) is 9.00. The van der Waals surface area contributed by atoms with Crippen molar-refractivity contribution in [2.45, 2.75) is 46.6 Å². The minimum absolute atomic E-state index is 0.205. The average Bonchev–Trinajstić information content (AvgIpc) is 1.76. The van der Waals surface area contributed by atoms with E-state index in [2.05, 4.69) is 20.8 Å². The van der Waals surface area contributed by atoms with Crippen molar-refractivity contribution in [3.63, 3.8) is 0 Å². The Morgan fingerprint density at radius 1 is 1.57 bits per heavy atom. The molecule has 1 aliphatic carbocycles. The van der Waals surface area contributed by atoms with Gasteiger partial charge >= 0.3 is 0 Å². The minimum Gasteiger partial charge on any atom is -0.481 e. The molecule has 1 aliphatic rings. The molecule has 0 spiro atoms. The molecule has 0 amide bonds. The minimum atomic E-state index is -0.833. The molecule has 0 saturated heterocycles. The first kappa shape index (κ1) is 13.2. The molecule has 0 saturated carbocycles. The van der Waals surface area contributed by atoms with E-state index in [-0.39, 0.29) is 6.10 Å². The Kier molecular flexibility index (Phi) is 4.85. The van der Waals surface area contributed by atoms with Crippen molar-refractivity contribution in [1.82, 2.24) is 0 Å². The Balaban J connectivity index is 0.000000364. The summed E-state index contributed by atoms with van der Waals surface area (Å²) in [6.07, 6.45) is 3.79. The smallest absolute Gasteiger partial charge is 0.300 e. The number of hydrogen-bond donors (Lipinski definition) is 2. The van der Waals surface area contributed by atoms with Crippen molar-refractivity contribution in [2.75, 3.05) is 0 Å². The van der Waals surface area contributed by atoms with Crippen molar-refractivity contribution in [3.8, 4) is 0 Å². The summed E-state index contributed by atoms with van der Waals surface area (Å²) in [5, 5.41) is 16.8. The largest absolute Gasteiger partial charge is 0.481 e. The van der Waals surface area contributed by atoms with E-state index in [9.17, 15) is 5.11 Å². The standard InChI is InChI=1S/C9H16O.C2H4O2/c1-7-4-8(10)6-9(2,3)5-7;1-2(3)4/h4,8,10H,5-6H2,1-3H3;1H3,(H,3,4). The fraction of sp³-hybridized carbons (Fsp3) is 0.727. The van der Waals surface area contributed by atoms with Gasteiger partial charge in [-0.3, -0.25) is 4.79 Å². The normalized spacial score (nSPS) is 24.4. The molecule has 1 atom stereocenters. The van der Waals surface area contributed by atoms with Crippen LogP contribution in [0.5, 0.6) is 0 Å². The van der Waals surface area contributed by atoms with Crippen LogP contribution in [0.25, 0.3) is 0 Å². The van der Waals surface area contributed by atoms with Gasteiger partial charge in [-0.15, -0.1) is 0 Å². The van der Waals surface area contributed by atoms with Crippen LogP contribution in [0.1, 0.15) is 40.5 Å². The van der Waals surface area contributed by atoms with Gasteiger partial charge < -0.3 is 10.2 Å². The van der Waals surface area contributed by atoms with E-state index in [0.29, 0.717) is 5.41 Å². The number of hydrogen-bond acceptors (Lipinski definition) is 2. The van der Waals surface area contributed by atoms with E-state index in [1.807, 2.05) is 6.08 Å². The first-order valence-electron chi connectivity index (χ1n) is 4.78. The van der Waals surface area contributed by atoms with Crippen LogP contribution in [0.3, 0.4) is 0 Å². The predicted molar refractivity (Wildman–Crippen MR) is 56.1 cm³/mol. The number of rotatable bonds is 0. The van der Waals surface area contributed by atoms with E-state index in [1.54, 1.807) is 0 Å². The van der Waals surface area contributed by atoms with E-state index >= 15 is 0 Å². The molecule has 0 bridgehead atoms. The van der Waals surface area contributed by atoms with Gasteiger partial charge in [-0.1, -0.05) is 25.5 Å². The number of carbonyl (C=O) groups is 1. The second-order valence-corrected chi connectivity index (χ2v) is 4.64. The molecule has 0 heterocycles. The number of aliphatic carboxylic acids is 1. The van der Waals surface area contributed by atoms with Crippen LogP contribution in [0.2, 0.25) is 0 Å². The molecule has 3 nitrogen and oxygen atoms in total. The van der Waals surface area contributed by atoms with Gasteiger partial charge in [0, 0.05) is 6.92 Å². The summed E-state index contributed by atoms with van der Waals surface area (Å²) in [5.74, 6) is -0.833. The van der Waals surface area contributed by atoms with Gasteiger partial charge in [-0.2, -0.15) is 0 Å². The quantitative estimate of drug-likeness (QED) is 0.589. The zero-order valence-corrected chi connectivity index (χ0v) is 9.37. The highest BCUT2D eigenvalue weighted by molar-refractivity contribution is 5.62. The van der Waals surface area contributed by atoms with Gasteiger partial charge in [0.05, 0.1) is 6.10 Å². The Bertz CT molecular complexity index is 225. The lowest BCUT2D eigenvalue weighted by molar-refractivity contribution is -0.134. The molecular formula is C11H20O3. The van der Waals surface area contributed by atoms with E-state index in [0.717, 1.165) is 19.8 Å². The molecule has 0 aromatic rings. The molecule has 3 heteroatoms. The average molecular weight is 200 g/mol. The maximum Gasteiger partial charge on any atom is 0.300 e. The second-order valence-electron chi connectivity index (χ2n) is 4.64. The molecule has 14 heavy (non-hydrogen) atoms. The topological polar surface area (TPSA) is 57.5 Å². The number of carboxylic acid groups (broad SMARTS) is 1. The Morgan fingerprint density at radius 2 is 2.00 bits per heavy atom. The highest BCUT2D eigenvalue weighted by Gasteiger charge is 2.25. The monoisotopic (exact) mass is 200 g/mol. The maximum absolute atomic E-state index is 9.34. The molecule has 0 aliphatic heterocycles. The zero-order chi connectivity index (χ0) is 11.4. The van der Waals surface area contributed by atoms with Crippen molar-refractivity contribution in [2.24, 2.45) is 5.41 Å². The Hall–Kier alpha value is -0.830. The lowest BCUT2D eigenvalue weighted by Crippen LogP contribution is -2.24. The third kappa shape index (κ3) is 6.66. The van der Waals surface area contributed by atoms with Crippen LogP contribution in [0, 0.1) is 5.41 Å². The molecule has 1 unspecified atom stereocenters. The molecule has 0 aromatic heterocycles. The summed E-state index contributed by atoms with van der Waals surface area (Å²) in [5.41, 5.74) is 1.63. The Labute approximate surface area is 85.4 Å². The summed E-state index contributed by atoms with van der Waals surface area (Å²) in [6.45, 7) is 7.57. The third-order valence-electron chi connectivity index (χ3n) is 2.00.